The highest BCUT2D eigenvalue weighted by Gasteiger charge is 2.43. The fourth-order valence-electron chi connectivity index (χ4n) is 4.27. The Morgan fingerprint density at radius 1 is 1.34 bits per heavy atom. The van der Waals surface area contributed by atoms with E-state index in [4.69, 9.17) is 23.1 Å². The summed E-state index contributed by atoms with van der Waals surface area (Å²) in [5.41, 5.74) is 15.5. The number of nitrogens with zero attached hydrogens (tertiary/aromatic N) is 5. The van der Waals surface area contributed by atoms with Crippen molar-refractivity contribution in [3.63, 3.8) is 0 Å². The van der Waals surface area contributed by atoms with Gasteiger partial charge in [0.1, 0.15) is 17.4 Å². The highest BCUT2D eigenvalue weighted by Crippen LogP contribution is 2.35. The van der Waals surface area contributed by atoms with Crippen molar-refractivity contribution in [3.8, 4) is 0 Å². The first-order chi connectivity index (χ1) is 15.4. The van der Waals surface area contributed by atoms with Gasteiger partial charge in [-0.05, 0) is 37.0 Å². The van der Waals surface area contributed by atoms with Gasteiger partial charge in [0.05, 0.1) is 12.9 Å². The fraction of sp³-hybridized carbons (Fsp3) is 0.364. The van der Waals surface area contributed by atoms with Gasteiger partial charge < -0.3 is 26.3 Å². The van der Waals surface area contributed by atoms with Crippen LogP contribution in [-0.4, -0.2) is 50.1 Å². The molecule has 1 saturated carbocycles. The van der Waals surface area contributed by atoms with Gasteiger partial charge in [0.2, 0.25) is 5.91 Å². The minimum absolute atomic E-state index is 0.0743. The lowest BCUT2D eigenvalue weighted by atomic mass is 9.99. The molecule has 0 unspecified atom stereocenters. The maximum atomic E-state index is 12.8. The van der Waals surface area contributed by atoms with E-state index in [-0.39, 0.29) is 11.9 Å². The number of carbonyl (C=O) groups is 1. The third-order valence-corrected chi connectivity index (χ3v) is 6.58. The molecule has 1 atom stereocenters. The summed E-state index contributed by atoms with van der Waals surface area (Å²) in [6.45, 7) is 5.50. The van der Waals surface area contributed by atoms with Gasteiger partial charge >= 0.3 is 0 Å². The lowest BCUT2D eigenvalue weighted by Gasteiger charge is -2.27. The number of benzene rings is 1. The minimum Gasteiger partial charge on any atom is -0.382 e. The van der Waals surface area contributed by atoms with Crippen LogP contribution in [0, 0.1) is 0 Å². The number of imidazole rings is 1. The molecule has 2 aliphatic rings. The SMILES string of the molecule is C=Cc1c(Cl)ccc(N2CC[C@](N)(C(=O)NC3CC3)C2)c1Cn1cnc2c(N)ncnc21. The molecule has 1 aliphatic heterocycles. The molecular weight excluding hydrogens is 428 g/mol. The van der Waals surface area contributed by atoms with Crippen LogP contribution >= 0.6 is 11.6 Å². The van der Waals surface area contributed by atoms with Crippen molar-refractivity contribution in [3.05, 3.63) is 47.5 Å². The van der Waals surface area contributed by atoms with Crippen molar-refractivity contribution in [2.45, 2.75) is 37.4 Å². The molecule has 1 saturated heterocycles. The van der Waals surface area contributed by atoms with E-state index in [2.05, 4.69) is 31.7 Å². The Labute approximate surface area is 190 Å². The predicted octanol–water partition coefficient (Wildman–Crippen LogP) is 1.94. The molecule has 166 valence electrons. The number of hydrogen-bond acceptors (Lipinski definition) is 7. The number of nitrogens with two attached hydrogens (primary N) is 2. The Balaban J connectivity index is 1.50. The van der Waals surface area contributed by atoms with Gasteiger partial charge in [-0.2, -0.15) is 0 Å². The number of hydrogen-bond donors (Lipinski definition) is 3. The summed E-state index contributed by atoms with van der Waals surface area (Å²) in [6.07, 6.45) is 7.49. The summed E-state index contributed by atoms with van der Waals surface area (Å²) >= 11 is 6.51. The molecule has 2 aromatic heterocycles. The molecule has 0 bridgehead atoms. The molecule has 5 rings (SSSR count). The number of aromatic nitrogens is 4. The van der Waals surface area contributed by atoms with Gasteiger partial charge in [-0.15, -0.1) is 0 Å². The van der Waals surface area contributed by atoms with E-state index in [1.807, 2.05) is 16.7 Å². The van der Waals surface area contributed by atoms with E-state index in [0.717, 1.165) is 29.7 Å². The number of rotatable bonds is 6. The number of nitrogens with one attached hydrogen (secondary N) is 1. The van der Waals surface area contributed by atoms with E-state index in [9.17, 15) is 4.79 Å². The molecule has 5 N–H and O–H groups in total. The molecule has 0 radical (unpaired) electrons. The molecule has 10 heteroatoms. The summed E-state index contributed by atoms with van der Waals surface area (Å²) in [5, 5.41) is 3.65. The van der Waals surface area contributed by atoms with Crippen molar-refractivity contribution in [1.29, 1.82) is 0 Å². The summed E-state index contributed by atoms with van der Waals surface area (Å²) in [7, 11) is 0. The number of amides is 1. The Hall–Kier alpha value is -3.17. The van der Waals surface area contributed by atoms with Crippen LogP contribution in [0.3, 0.4) is 0 Å². The molecule has 3 aromatic rings. The summed E-state index contributed by atoms with van der Waals surface area (Å²) in [6, 6.07) is 4.10. The Morgan fingerprint density at radius 3 is 2.91 bits per heavy atom. The molecule has 1 amide bonds. The molecule has 9 nitrogen and oxygen atoms in total. The van der Waals surface area contributed by atoms with Gasteiger partial charge in [-0.1, -0.05) is 24.3 Å². The number of carbonyl (C=O) groups excluding carboxylic acids is 1. The molecule has 1 aliphatic carbocycles. The smallest absolute Gasteiger partial charge is 0.242 e. The first kappa shape index (κ1) is 20.7. The standard InChI is InChI=1S/C22H25ClN8O/c1-2-14-15(9-31-12-28-18-19(24)26-11-27-20(18)31)17(6-5-16(14)23)30-8-7-22(25,10-30)21(32)29-13-3-4-13/h2,5-6,11-13H,1,3-4,7-10,25H2,(H,29,32)(H2,24,26,27)/t22-/m1/s1. The average molecular weight is 453 g/mol. The quantitative estimate of drug-likeness (QED) is 0.521. The third-order valence-electron chi connectivity index (χ3n) is 6.25. The van der Waals surface area contributed by atoms with Crippen LogP contribution < -0.4 is 21.7 Å². The first-order valence-corrected chi connectivity index (χ1v) is 11.0. The zero-order valence-electron chi connectivity index (χ0n) is 17.6. The van der Waals surface area contributed by atoms with E-state index in [1.165, 1.54) is 6.33 Å². The van der Waals surface area contributed by atoms with Crippen molar-refractivity contribution >= 4 is 46.3 Å². The zero-order chi connectivity index (χ0) is 22.5. The molecule has 2 fully saturated rings. The van der Waals surface area contributed by atoms with Crippen molar-refractivity contribution in [2.75, 3.05) is 23.7 Å². The van der Waals surface area contributed by atoms with Crippen LogP contribution in [0.5, 0.6) is 0 Å². The van der Waals surface area contributed by atoms with Crippen LogP contribution in [0.25, 0.3) is 17.2 Å². The zero-order valence-corrected chi connectivity index (χ0v) is 18.3. The number of halogens is 1. The largest absolute Gasteiger partial charge is 0.382 e. The van der Waals surface area contributed by atoms with Crippen LogP contribution in [0.1, 0.15) is 30.4 Å². The summed E-state index contributed by atoms with van der Waals surface area (Å²) < 4.78 is 1.90. The number of anilines is 2. The Kier molecular flexibility index (Phi) is 5.02. The average Bonchev–Trinajstić information content (AvgIpc) is 3.35. The van der Waals surface area contributed by atoms with Gasteiger partial charge in [0, 0.05) is 35.4 Å². The highest BCUT2D eigenvalue weighted by atomic mass is 35.5. The predicted molar refractivity (Wildman–Crippen MR) is 125 cm³/mol. The highest BCUT2D eigenvalue weighted by molar-refractivity contribution is 6.32. The monoisotopic (exact) mass is 452 g/mol. The molecule has 0 spiro atoms. The first-order valence-electron chi connectivity index (χ1n) is 10.6. The van der Waals surface area contributed by atoms with Gasteiger partial charge in [0.15, 0.2) is 11.5 Å². The van der Waals surface area contributed by atoms with Crippen molar-refractivity contribution in [2.24, 2.45) is 5.73 Å². The normalized spacial score (nSPS) is 20.6. The maximum Gasteiger partial charge on any atom is 0.242 e. The van der Waals surface area contributed by atoms with Crippen molar-refractivity contribution < 1.29 is 4.79 Å². The van der Waals surface area contributed by atoms with E-state index in [1.54, 1.807) is 12.4 Å². The lowest BCUT2D eigenvalue weighted by Crippen LogP contribution is -2.56. The fourth-order valence-corrected chi connectivity index (χ4v) is 4.53. The molecular formula is C22H25ClN8O. The van der Waals surface area contributed by atoms with Crippen molar-refractivity contribution in [1.82, 2.24) is 24.8 Å². The molecule has 3 heterocycles. The Morgan fingerprint density at radius 2 is 2.16 bits per heavy atom. The van der Waals surface area contributed by atoms with Gasteiger partial charge in [0.25, 0.3) is 0 Å². The van der Waals surface area contributed by atoms with Crippen LogP contribution in [0.15, 0.2) is 31.4 Å². The van der Waals surface area contributed by atoms with Crippen LogP contribution in [0.2, 0.25) is 5.02 Å². The van der Waals surface area contributed by atoms with E-state index >= 15 is 0 Å². The van der Waals surface area contributed by atoms with E-state index in [0.29, 0.717) is 48.1 Å². The second-order valence-corrected chi connectivity index (χ2v) is 8.95. The lowest BCUT2D eigenvalue weighted by molar-refractivity contribution is -0.125. The van der Waals surface area contributed by atoms with Gasteiger partial charge in [-0.25, -0.2) is 15.0 Å². The van der Waals surface area contributed by atoms with Crippen LogP contribution in [0.4, 0.5) is 11.5 Å². The van der Waals surface area contributed by atoms with Crippen LogP contribution in [-0.2, 0) is 11.3 Å². The Bertz CT molecular complexity index is 1220. The summed E-state index contributed by atoms with van der Waals surface area (Å²) in [4.78, 5) is 27.6. The maximum absolute atomic E-state index is 12.8. The number of fused-ring (bicyclic) bond motifs is 1. The third kappa shape index (κ3) is 3.57. The minimum atomic E-state index is -0.919. The number of nitrogen functional groups attached to an aromatic ring is 1. The molecule has 32 heavy (non-hydrogen) atoms. The topological polar surface area (TPSA) is 128 Å². The molecule has 1 aromatic carbocycles. The second kappa shape index (κ2) is 7.75. The summed E-state index contributed by atoms with van der Waals surface area (Å²) in [5.74, 6) is 0.257. The van der Waals surface area contributed by atoms with Gasteiger partial charge in [-0.3, -0.25) is 4.79 Å². The second-order valence-electron chi connectivity index (χ2n) is 8.54. The van der Waals surface area contributed by atoms with E-state index < -0.39 is 5.54 Å².